The number of carbonyl (C=O) groups excluding carboxylic acids is 1. The third-order valence-corrected chi connectivity index (χ3v) is 4.34. The van der Waals surface area contributed by atoms with Gasteiger partial charge in [-0.3, -0.25) is 4.79 Å². The van der Waals surface area contributed by atoms with Crippen LogP contribution in [-0.2, 0) is 0 Å². The first-order chi connectivity index (χ1) is 14.0. The van der Waals surface area contributed by atoms with Crippen molar-refractivity contribution in [2.24, 2.45) is 0 Å². The number of amides is 1. The zero-order valence-electron chi connectivity index (χ0n) is 14.8. The van der Waals surface area contributed by atoms with Crippen molar-refractivity contribution in [2.75, 3.05) is 10.6 Å². The van der Waals surface area contributed by atoms with E-state index in [2.05, 4.69) is 20.6 Å². The van der Waals surface area contributed by atoms with Gasteiger partial charge in [-0.2, -0.15) is 0 Å². The highest BCUT2D eigenvalue weighted by atomic mass is 35.5. The minimum Gasteiger partial charge on any atom is -0.340 e. The Balaban J connectivity index is 1.70. The molecule has 4 aromatic rings. The summed E-state index contributed by atoms with van der Waals surface area (Å²) in [6.07, 6.45) is 0. The Morgan fingerprint density at radius 2 is 1.69 bits per heavy atom. The van der Waals surface area contributed by atoms with Crippen LogP contribution in [0.1, 0.15) is 10.6 Å². The fraction of sp³-hybridized carbons (Fsp3) is 0. The zero-order valence-corrected chi connectivity index (χ0v) is 15.5. The largest absolute Gasteiger partial charge is 0.340 e. The van der Waals surface area contributed by atoms with Crippen LogP contribution < -0.4 is 10.6 Å². The molecule has 0 fully saturated rings. The number of anilines is 3. The molecule has 0 radical (unpaired) electrons. The molecule has 0 bridgehead atoms. The number of carbonyl (C=O) groups is 1. The van der Waals surface area contributed by atoms with Crippen LogP contribution >= 0.6 is 11.6 Å². The lowest BCUT2D eigenvalue weighted by Crippen LogP contribution is -2.17. The number of para-hydroxylation sites is 1. The van der Waals surface area contributed by atoms with Gasteiger partial charge >= 0.3 is 0 Å². The first-order valence-electron chi connectivity index (χ1n) is 8.55. The minimum absolute atomic E-state index is 0.163. The molecule has 29 heavy (non-hydrogen) atoms. The third kappa shape index (κ3) is 4.14. The van der Waals surface area contributed by atoms with Gasteiger partial charge < -0.3 is 10.6 Å². The lowest BCUT2D eigenvalue weighted by atomic mass is 10.2. The second kappa shape index (κ2) is 7.81. The maximum atomic E-state index is 13.9. The van der Waals surface area contributed by atoms with Crippen LogP contribution in [0.25, 0.3) is 10.9 Å². The Hall–Kier alpha value is -3.58. The molecule has 0 aliphatic heterocycles. The first-order valence-corrected chi connectivity index (χ1v) is 8.93. The predicted octanol–water partition coefficient (Wildman–Crippen LogP) is 5.56. The van der Waals surface area contributed by atoms with Crippen molar-refractivity contribution in [2.45, 2.75) is 0 Å². The van der Waals surface area contributed by atoms with Crippen molar-refractivity contribution >= 4 is 45.6 Å². The van der Waals surface area contributed by atoms with Crippen molar-refractivity contribution < 1.29 is 13.6 Å². The number of nitrogens with one attached hydrogen (secondary N) is 2. The van der Waals surface area contributed by atoms with Crippen LogP contribution in [0.3, 0.4) is 0 Å². The number of fused-ring (bicyclic) bond motifs is 1. The Labute approximate surface area is 169 Å². The fourth-order valence-corrected chi connectivity index (χ4v) is 2.84. The number of halogens is 3. The number of rotatable bonds is 4. The van der Waals surface area contributed by atoms with Crippen LogP contribution in [0.15, 0.2) is 66.7 Å². The molecule has 5 nitrogen and oxygen atoms in total. The quantitative estimate of drug-likeness (QED) is 0.462. The average Bonchev–Trinajstić information content (AvgIpc) is 2.71. The van der Waals surface area contributed by atoms with Gasteiger partial charge in [-0.05, 0) is 48.5 Å². The summed E-state index contributed by atoms with van der Waals surface area (Å²) < 4.78 is 26.9. The van der Waals surface area contributed by atoms with E-state index in [-0.39, 0.29) is 11.5 Å². The van der Waals surface area contributed by atoms with E-state index < -0.39 is 17.5 Å². The van der Waals surface area contributed by atoms with Gasteiger partial charge in [0.2, 0.25) is 5.82 Å². The average molecular weight is 411 g/mol. The van der Waals surface area contributed by atoms with Crippen molar-refractivity contribution in [3.8, 4) is 0 Å². The summed E-state index contributed by atoms with van der Waals surface area (Å²) in [4.78, 5) is 21.2. The molecule has 3 aromatic carbocycles. The normalized spacial score (nSPS) is 10.7. The zero-order chi connectivity index (χ0) is 20.4. The molecule has 0 saturated carbocycles. The summed E-state index contributed by atoms with van der Waals surface area (Å²) in [5.74, 6) is -2.11. The van der Waals surface area contributed by atoms with Gasteiger partial charge in [-0.25, -0.2) is 18.7 Å². The molecule has 1 amide bonds. The van der Waals surface area contributed by atoms with Crippen LogP contribution in [0.5, 0.6) is 0 Å². The lowest BCUT2D eigenvalue weighted by Gasteiger charge is -2.11. The smallest absolute Gasteiger partial charge is 0.293 e. The number of benzene rings is 3. The Morgan fingerprint density at radius 3 is 2.45 bits per heavy atom. The summed E-state index contributed by atoms with van der Waals surface area (Å²) >= 11 is 5.92. The second-order valence-corrected chi connectivity index (χ2v) is 6.56. The van der Waals surface area contributed by atoms with E-state index >= 15 is 0 Å². The summed E-state index contributed by atoms with van der Waals surface area (Å²) in [7, 11) is 0. The van der Waals surface area contributed by atoms with Crippen LogP contribution in [0, 0.1) is 11.6 Å². The van der Waals surface area contributed by atoms with E-state index in [9.17, 15) is 13.6 Å². The lowest BCUT2D eigenvalue weighted by molar-refractivity contribution is 0.101. The topological polar surface area (TPSA) is 66.9 Å². The summed E-state index contributed by atoms with van der Waals surface area (Å²) in [5, 5.41) is 6.79. The summed E-state index contributed by atoms with van der Waals surface area (Å²) in [6, 6.07) is 17.0. The summed E-state index contributed by atoms with van der Waals surface area (Å²) in [5.41, 5.74) is 1.08. The van der Waals surface area contributed by atoms with Gasteiger partial charge in [0.1, 0.15) is 17.5 Å². The molecule has 0 aliphatic carbocycles. The van der Waals surface area contributed by atoms with Gasteiger partial charge in [0.05, 0.1) is 11.2 Å². The molecule has 8 heteroatoms. The van der Waals surface area contributed by atoms with Crippen LogP contribution in [0.4, 0.5) is 26.0 Å². The van der Waals surface area contributed by atoms with Crippen molar-refractivity contribution in [1.29, 1.82) is 0 Å². The van der Waals surface area contributed by atoms with Crippen LogP contribution in [-0.4, -0.2) is 15.9 Å². The van der Waals surface area contributed by atoms with E-state index in [0.29, 0.717) is 33.5 Å². The highest BCUT2D eigenvalue weighted by Crippen LogP contribution is 2.25. The molecule has 1 aromatic heterocycles. The van der Waals surface area contributed by atoms with Crippen molar-refractivity contribution in [1.82, 2.24) is 9.97 Å². The fourth-order valence-electron chi connectivity index (χ4n) is 2.71. The van der Waals surface area contributed by atoms with E-state index in [0.717, 1.165) is 12.1 Å². The maximum absolute atomic E-state index is 13.9. The highest BCUT2D eigenvalue weighted by molar-refractivity contribution is 6.30. The molecule has 0 unspecified atom stereocenters. The molecule has 1 heterocycles. The van der Waals surface area contributed by atoms with Crippen molar-refractivity contribution in [3.05, 3.63) is 89.2 Å². The molecular weight excluding hydrogens is 398 g/mol. The molecule has 4 rings (SSSR count). The van der Waals surface area contributed by atoms with E-state index in [1.807, 2.05) is 12.1 Å². The van der Waals surface area contributed by atoms with E-state index in [1.165, 1.54) is 0 Å². The minimum atomic E-state index is -0.890. The highest BCUT2D eigenvalue weighted by Gasteiger charge is 2.16. The van der Waals surface area contributed by atoms with E-state index in [4.69, 9.17) is 11.6 Å². The van der Waals surface area contributed by atoms with Gasteiger partial charge in [-0.15, -0.1) is 0 Å². The van der Waals surface area contributed by atoms with Crippen molar-refractivity contribution in [3.63, 3.8) is 0 Å². The number of aromatic nitrogens is 2. The van der Waals surface area contributed by atoms with E-state index in [1.54, 1.807) is 36.4 Å². The standard InChI is InChI=1S/C21H13ClF2N4O/c22-12-5-8-14(9-6-12)25-19-15-3-1-2-4-17(15)26-20(28-19)21(29)27-18-10-7-13(23)11-16(18)24/h1-11H,(H,27,29)(H,25,26,28). The predicted molar refractivity (Wildman–Crippen MR) is 109 cm³/mol. The Bertz CT molecular complexity index is 1220. The molecule has 0 atom stereocenters. The molecule has 144 valence electrons. The number of hydrogen-bond donors (Lipinski definition) is 2. The monoisotopic (exact) mass is 410 g/mol. The summed E-state index contributed by atoms with van der Waals surface area (Å²) in [6.45, 7) is 0. The van der Waals surface area contributed by atoms with Gasteiger partial charge in [-0.1, -0.05) is 23.7 Å². The van der Waals surface area contributed by atoms with Crippen LogP contribution in [0.2, 0.25) is 5.02 Å². The first kappa shape index (κ1) is 18.8. The third-order valence-electron chi connectivity index (χ3n) is 4.09. The Morgan fingerprint density at radius 1 is 0.931 bits per heavy atom. The Kier molecular flexibility index (Phi) is 5.05. The maximum Gasteiger partial charge on any atom is 0.293 e. The molecule has 0 saturated heterocycles. The molecule has 0 spiro atoms. The van der Waals surface area contributed by atoms with Gasteiger partial charge in [0.15, 0.2) is 0 Å². The second-order valence-electron chi connectivity index (χ2n) is 6.12. The van der Waals surface area contributed by atoms with Gasteiger partial charge in [0, 0.05) is 22.2 Å². The number of hydrogen-bond acceptors (Lipinski definition) is 4. The number of nitrogens with zero attached hydrogens (tertiary/aromatic N) is 2. The molecule has 0 aliphatic rings. The molecule has 2 N–H and O–H groups in total. The van der Waals surface area contributed by atoms with Gasteiger partial charge in [0.25, 0.3) is 5.91 Å². The molecular formula is C21H13ClF2N4O. The SMILES string of the molecule is O=C(Nc1ccc(F)cc1F)c1nc(Nc2ccc(Cl)cc2)c2ccccc2n1.